The monoisotopic (exact) mass is 285 g/mol. The third-order valence-corrected chi connectivity index (χ3v) is 3.61. The summed E-state index contributed by atoms with van der Waals surface area (Å²) < 4.78 is 5.40. The number of ether oxygens (including phenoxy) is 1. The maximum absolute atomic E-state index is 10.9. The molecule has 1 fully saturated rings. The highest BCUT2D eigenvalue weighted by molar-refractivity contribution is 7.09. The predicted octanol–water partition coefficient (Wildman–Crippen LogP) is -0.286. The van der Waals surface area contributed by atoms with Crippen molar-refractivity contribution in [3.05, 3.63) is 26.5 Å². The highest BCUT2D eigenvalue weighted by Gasteiger charge is 2.44. The Balaban J connectivity index is 2.16. The van der Waals surface area contributed by atoms with Gasteiger partial charge in [0.1, 0.15) is 29.0 Å². The number of nitrogens with two attached hydrogens (primary N) is 1. The minimum absolute atomic E-state index is 0.0729. The second-order valence-corrected chi connectivity index (χ2v) is 4.81. The molecule has 0 saturated carbocycles. The van der Waals surface area contributed by atoms with Gasteiger partial charge in [0.25, 0.3) is 5.91 Å². The Hall–Kier alpha value is -1.71. The summed E-state index contributed by atoms with van der Waals surface area (Å²) in [5.41, 5.74) is 13.4. The fourth-order valence-electron chi connectivity index (χ4n) is 1.75. The van der Waals surface area contributed by atoms with Crippen LogP contribution in [0.1, 0.15) is 21.6 Å². The number of aromatic nitrogens is 1. The molecule has 0 unspecified atom stereocenters. The van der Waals surface area contributed by atoms with Crippen LogP contribution in [-0.4, -0.2) is 46.0 Å². The predicted molar refractivity (Wildman–Crippen MR) is 64.3 cm³/mol. The van der Waals surface area contributed by atoms with Crippen LogP contribution >= 0.6 is 11.3 Å². The molecule has 4 N–H and O–H groups in total. The summed E-state index contributed by atoms with van der Waals surface area (Å²) in [6, 6.07) is 0. The van der Waals surface area contributed by atoms with Crippen LogP contribution in [0, 0.1) is 0 Å². The smallest absolute Gasteiger partial charge is 0.268 e. The molecule has 2 rings (SSSR count). The second kappa shape index (κ2) is 5.51. The van der Waals surface area contributed by atoms with E-state index in [4.69, 9.17) is 16.0 Å². The zero-order chi connectivity index (χ0) is 14.0. The quantitative estimate of drug-likeness (QED) is 0.394. The number of thiazole rings is 1. The molecular weight excluding hydrogens is 274 g/mol. The zero-order valence-corrected chi connectivity index (χ0v) is 10.4. The second-order valence-electron chi connectivity index (χ2n) is 3.92. The van der Waals surface area contributed by atoms with Gasteiger partial charge in [0.2, 0.25) is 0 Å². The molecule has 1 aromatic heterocycles. The van der Waals surface area contributed by atoms with Crippen LogP contribution in [0.4, 0.5) is 0 Å². The largest absolute Gasteiger partial charge is 0.388 e. The Morgan fingerprint density at radius 3 is 2.95 bits per heavy atom. The fourth-order valence-corrected chi connectivity index (χ4v) is 2.63. The first-order chi connectivity index (χ1) is 9.04. The van der Waals surface area contributed by atoms with Crippen molar-refractivity contribution < 1.29 is 19.7 Å². The molecule has 9 nitrogen and oxygen atoms in total. The number of rotatable bonds is 4. The fraction of sp³-hybridized carbons (Fsp3) is 0.556. The highest BCUT2D eigenvalue weighted by Crippen LogP contribution is 2.35. The van der Waals surface area contributed by atoms with Gasteiger partial charge in [0.05, 0.1) is 12.6 Å². The number of hydrogen-bond acceptors (Lipinski definition) is 7. The highest BCUT2D eigenvalue weighted by atomic mass is 32.1. The Morgan fingerprint density at radius 2 is 2.37 bits per heavy atom. The van der Waals surface area contributed by atoms with Gasteiger partial charge < -0.3 is 20.7 Å². The molecule has 0 bridgehead atoms. The molecule has 102 valence electrons. The number of nitrogens with zero attached hydrogens (tertiary/aromatic N) is 4. The maximum atomic E-state index is 10.9. The van der Waals surface area contributed by atoms with Gasteiger partial charge in [0, 0.05) is 10.3 Å². The Labute approximate surface area is 111 Å². The molecule has 1 aromatic rings. The molecule has 1 aliphatic rings. The van der Waals surface area contributed by atoms with E-state index in [1.165, 1.54) is 5.38 Å². The van der Waals surface area contributed by atoms with Gasteiger partial charge in [0.15, 0.2) is 0 Å². The molecule has 0 spiro atoms. The van der Waals surface area contributed by atoms with Gasteiger partial charge in [-0.25, -0.2) is 4.98 Å². The van der Waals surface area contributed by atoms with E-state index in [0.717, 1.165) is 11.3 Å². The number of hydrogen-bond donors (Lipinski definition) is 3. The molecular formula is C9H11N5O4S. The average molecular weight is 285 g/mol. The van der Waals surface area contributed by atoms with E-state index in [0.29, 0.717) is 5.01 Å². The number of primary amides is 1. The van der Waals surface area contributed by atoms with Gasteiger partial charge in [-0.05, 0) is 5.53 Å². The minimum Gasteiger partial charge on any atom is -0.388 e. The molecule has 19 heavy (non-hydrogen) atoms. The van der Waals surface area contributed by atoms with E-state index in [-0.39, 0.29) is 12.2 Å². The first-order valence-electron chi connectivity index (χ1n) is 5.32. The molecule has 1 saturated heterocycles. The van der Waals surface area contributed by atoms with E-state index < -0.39 is 30.3 Å². The van der Waals surface area contributed by atoms with E-state index in [1.54, 1.807) is 0 Å². The van der Waals surface area contributed by atoms with Crippen LogP contribution < -0.4 is 5.73 Å². The van der Waals surface area contributed by atoms with Crippen LogP contribution in [0.25, 0.3) is 10.4 Å². The summed E-state index contributed by atoms with van der Waals surface area (Å²) in [4.78, 5) is 17.4. The Kier molecular flexibility index (Phi) is 3.98. The standard InChI is InChI=1S/C9H11N5O4S/c10-8(17)3-2-19-9(13-3)7-6(16)5(15)4(18-7)1-12-14-11/h2,4-7,15-16H,1H2,(H2,10,17)/t4-,5-,6-,7-/m1/s1. The lowest BCUT2D eigenvalue weighted by atomic mass is 10.1. The number of aliphatic hydroxyl groups excluding tert-OH is 2. The van der Waals surface area contributed by atoms with E-state index in [9.17, 15) is 15.0 Å². The first kappa shape index (κ1) is 13.7. The van der Waals surface area contributed by atoms with Crippen LogP contribution in [0.3, 0.4) is 0 Å². The third kappa shape index (κ3) is 2.67. The Bertz CT molecular complexity index is 528. The van der Waals surface area contributed by atoms with Gasteiger partial charge in [-0.1, -0.05) is 5.11 Å². The third-order valence-electron chi connectivity index (χ3n) is 2.71. The van der Waals surface area contributed by atoms with Crippen molar-refractivity contribution in [2.75, 3.05) is 6.54 Å². The van der Waals surface area contributed by atoms with Crippen molar-refractivity contribution in [1.29, 1.82) is 0 Å². The van der Waals surface area contributed by atoms with Crippen molar-refractivity contribution in [1.82, 2.24) is 4.98 Å². The molecule has 1 aliphatic heterocycles. The van der Waals surface area contributed by atoms with Crippen molar-refractivity contribution in [3.8, 4) is 0 Å². The van der Waals surface area contributed by atoms with Crippen molar-refractivity contribution in [2.24, 2.45) is 10.8 Å². The van der Waals surface area contributed by atoms with E-state index in [2.05, 4.69) is 15.0 Å². The van der Waals surface area contributed by atoms with Gasteiger partial charge in [-0.2, -0.15) is 0 Å². The normalized spacial score (nSPS) is 30.0. The lowest BCUT2D eigenvalue weighted by Gasteiger charge is -2.11. The minimum atomic E-state index is -1.20. The lowest BCUT2D eigenvalue weighted by Crippen LogP contribution is -2.32. The van der Waals surface area contributed by atoms with Gasteiger partial charge in [-0.15, -0.1) is 11.3 Å². The number of carbonyl (C=O) groups is 1. The van der Waals surface area contributed by atoms with Crippen molar-refractivity contribution >= 4 is 17.2 Å². The molecule has 2 heterocycles. The first-order valence-corrected chi connectivity index (χ1v) is 6.20. The summed E-state index contributed by atoms with van der Waals surface area (Å²) in [7, 11) is 0. The van der Waals surface area contributed by atoms with E-state index >= 15 is 0 Å². The van der Waals surface area contributed by atoms with Crippen LogP contribution in [0.15, 0.2) is 10.5 Å². The zero-order valence-electron chi connectivity index (χ0n) is 9.58. The van der Waals surface area contributed by atoms with Crippen molar-refractivity contribution in [3.63, 3.8) is 0 Å². The summed E-state index contributed by atoms with van der Waals surface area (Å²) in [6.07, 6.45) is -4.06. The van der Waals surface area contributed by atoms with Crippen molar-refractivity contribution in [2.45, 2.75) is 24.4 Å². The number of amides is 1. The number of carbonyl (C=O) groups excluding carboxylic acids is 1. The summed E-state index contributed by atoms with van der Waals surface area (Å²) in [5, 5.41) is 24.7. The maximum Gasteiger partial charge on any atom is 0.268 e. The number of azide groups is 1. The average Bonchev–Trinajstić information content (AvgIpc) is 2.95. The molecule has 1 amide bonds. The topological polar surface area (TPSA) is 154 Å². The number of aliphatic hydroxyl groups is 2. The molecule has 10 heteroatoms. The van der Waals surface area contributed by atoms with Gasteiger partial charge >= 0.3 is 0 Å². The summed E-state index contributed by atoms with van der Waals surface area (Å²) in [5.74, 6) is -0.679. The van der Waals surface area contributed by atoms with Crippen LogP contribution in [0.2, 0.25) is 0 Å². The summed E-state index contributed by atoms with van der Waals surface area (Å²) in [6.45, 7) is -0.0979. The lowest BCUT2D eigenvalue weighted by molar-refractivity contribution is 0.0114. The van der Waals surface area contributed by atoms with Crippen LogP contribution in [0.5, 0.6) is 0 Å². The molecule has 0 aromatic carbocycles. The molecule has 0 aliphatic carbocycles. The van der Waals surface area contributed by atoms with Gasteiger partial charge in [-0.3, -0.25) is 4.79 Å². The molecule has 0 radical (unpaired) electrons. The molecule has 4 atom stereocenters. The SMILES string of the molecule is [N-]=[N+]=NC[C@H]1O[C@@H](c2nc(C(N)=O)cs2)[C@H](O)[C@@H]1O. The van der Waals surface area contributed by atoms with E-state index in [1.807, 2.05) is 0 Å². The summed E-state index contributed by atoms with van der Waals surface area (Å²) >= 11 is 1.10. The van der Waals surface area contributed by atoms with Crippen LogP contribution in [-0.2, 0) is 4.74 Å². The Morgan fingerprint density at radius 1 is 1.63 bits per heavy atom.